The van der Waals surface area contributed by atoms with Crippen molar-refractivity contribution >= 4 is 28.1 Å². The van der Waals surface area contributed by atoms with E-state index in [-0.39, 0.29) is 5.91 Å². The number of anilines is 2. The number of primary amides is 1. The first kappa shape index (κ1) is 12.2. The van der Waals surface area contributed by atoms with Crippen LogP contribution in [0.2, 0.25) is 0 Å². The van der Waals surface area contributed by atoms with Gasteiger partial charge in [-0.3, -0.25) is 9.78 Å². The third-order valence-electron chi connectivity index (χ3n) is 2.76. The van der Waals surface area contributed by atoms with Crippen LogP contribution in [-0.4, -0.2) is 17.4 Å². The molecule has 1 aromatic carbocycles. The van der Waals surface area contributed by atoms with Crippen LogP contribution in [0.1, 0.15) is 12.1 Å². The van der Waals surface area contributed by atoms with E-state index >= 15 is 0 Å². The number of rotatable bonds is 4. The molecule has 0 saturated carbocycles. The number of nitrogens with one attached hydrogen (secondary N) is 1. The summed E-state index contributed by atoms with van der Waals surface area (Å²) < 4.78 is 0. The van der Waals surface area contributed by atoms with Crippen molar-refractivity contribution in [3.8, 4) is 0 Å². The van der Waals surface area contributed by atoms with Gasteiger partial charge < -0.3 is 16.8 Å². The molecule has 0 saturated heterocycles. The number of amides is 1. The topological polar surface area (TPSA) is 94.0 Å². The van der Waals surface area contributed by atoms with E-state index in [0.29, 0.717) is 18.7 Å². The Hall–Kier alpha value is -2.30. The van der Waals surface area contributed by atoms with Crippen molar-refractivity contribution in [3.05, 3.63) is 30.1 Å². The first-order valence-corrected chi connectivity index (χ1v) is 5.75. The van der Waals surface area contributed by atoms with Crippen LogP contribution in [0.5, 0.6) is 0 Å². The maximum absolute atomic E-state index is 10.7. The molecule has 0 fully saturated rings. The molecule has 18 heavy (non-hydrogen) atoms. The summed E-state index contributed by atoms with van der Waals surface area (Å²) in [6.45, 7) is 2.44. The summed E-state index contributed by atoms with van der Waals surface area (Å²) >= 11 is 0. The molecule has 5 N–H and O–H groups in total. The molecule has 0 unspecified atom stereocenters. The van der Waals surface area contributed by atoms with Gasteiger partial charge in [-0.25, -0.2) is 0 Å². The van der Waals surface area contributed by atoms with Crippen molar-refractivity contribution in [2.45, 2.75) is 13.3 Å². The molecule has 2 aromatic rings. The van der Waals surface area contributed by atoms with E-state index in [1.165, 1.54) is 0 Å². The summed E-state index contributed by atoms with van der Waals surface area (Å²) in [7, 11) is 0. The zero-order valence-electron chi connectivity index (χ0n) is 10.2. The lowest BCUT2D eigenvalue weighted by molar-refractivity contribution is -0.117. The minimum Gasteiger partial charge on any atom is -0.398 e. The lowest BCUT2D eigenvalue weighted by Gasteiger charge is -2.11. The number of hydrogen-bond donors (Lipinski definition) is 3. The van der Waals surface area contributed by atoms with E-state index in [2.05, 4.69) is 10.3 Å². The number of fused-ring (bicyclic) bond motifs is 1. The highest BCUT2D eigenvalue weighted by Crippen LogP contribution is 2.28. The fourth-order valence-corrected chi connectivity index (χ4v) is 1.84. The lowest BCUT2D eigenvalue weighted by atomic mass is 10.1. The highest BCUT2D eigenvalue weighted by Gasteiger charge is 2.05. The van der Waals surface area contributed by atoms with E-state index < -0.39 is 0 Å². The third-order valence-corrected chi connectivity index (χ3v) is 2.76. The third kappa shape index (κ3) is 2.51. The Bertz CT molecular complexity index is 595. The molecule has 1 heterocycles. The van der Waals surface area contributed by atoms with E-state index in [9.17, 15) is 4.79 Å². The van der Waals surface area contributed by atoms with Crippen LogP contribution in [0, 0.1) is 6.92 Å². The second kappa shape index (κ2) is 4.91. The molecule has 1 amide bonds. The van der Waals surface area contributed by atoms with Gasteiger partial charge in [0.2, 0.25) is 5.91 Å². The van der Waals surface area contributed by atoms with Gasteiger partial charge in [-0.05, 0) is 25.1 Å². The number of nitrogens with zero attached hydrogens (tertiary/aromatic N) is 1. The number of aryl methyl sites for hydroxylation is 1. The summed E-state index contributed by atoms with van der Waals surface area (Å²) in [6.07, 6.45) is 2.06. The van der Waals surface area contributed by atoms with E-state index in [0.717, 1.165) is 22.2 Å². The molecular formula is C13H16N4O. The van der Waals surface area contributed by atoms with Gasteiger partial charge in [0.1, 0.15) is 0 Å². The van der Waals surface area contributed by atoms with Gasteiger partial charge in [-0.2, -0.15) is 0 Å². The summed E-state index contributed by atoms with van der Waals surface area (Å²) in [4.78, 5) is 14.9. The van der Waals surface area contributed by atoms with Crippen molar-refractivity contribution in [1.82, 2.24) is 4.98 Å². The molecule has 0 bridgehead atoms. The number of benzene rings is 1. The first-order valence-electron chi connectivity index (χ1n) is 5.75. The molecule has 94 valence electrons. The van der Waals surface area contributed by atoms with Crippen LogP contribution in [0.3, 0.4) is 0 Å². The second-order valence-corrected chi connectivity index (χ2v) is 4.22. The predicted molar refractivity (Wildman–Crippen MR) is 73.2 cm³/mol. The van der Waals surface area contributed by atoms with Crippen molar-refractivity contribution < 1.29 is 4.79 Å². The molecule has 5 heteroatoms. The molecule has 0 aliphatic heterocycles. The number of carbonyl (C=O) groups excluding carboxylic acids is 1. The summed E-state index contributed by atoms with van der Waals surface area (Å²) in [5.74, 6) is -0.319. The quantitative estimate of drug-likeness (QED) is 0.709. The van der Waals surface area contributed by atoms with E-state index in [4.69, 9.17) is 11.5 Å². The Kier molecular flexibility index (Phi) is 3.32. The van der Waals surface area contributed by atoms with Crippen LogP contribution in [0.15, 0.2) is 24.4 Å². The van der Waals surface area contributed by atoms with Gasteiger partial charge in [0, 0.05) is 47.0 Å². The maximum atomic E-state index is 10.7. The zero-order chi connectivity index (χ0) is 13.1. The van der Waals surface area contributed by atoms with Gasteiger partial charge >= 0.3 is 0 Å². The molecule has 5 nitrogen and oxygen atoms in total. The first-order chi connectivity index (χ1) is 8.58. The fourth-order valence-electron chi connectivity index (χ4n) is 1.84. The zero-order valence-corrected chi connectivity index (χ0v) is 10.2. The predicted octanol–water partition coefficient (Wildman–Crippen LogP) is 1.41. The Morgan fingerprint density at radius 3 is 2.89 bits per heavy atom. The number of pyridine rings is 1. The number of nitrogens with two attached hydrogens (primary N) is 2. The average molecular weight is 244 g/mol. The van der Waals surface area contributed by atoms with Gasteiger partial charge in [-0.15, -0.1) is 0 Å². The Morgan fingerprint density at radius 2 is 2.17 bits per heavy atom. The van der Waals surface area contributed by atoms with Crippen molar-refractivity contribution in [2.24, 2.45) is 5.73 Å². The summed E-state index contributed by atoms with van der Waals surface area (Å²) in [5.41, 5.74) is 13.6. The number of aromatic nitrogens is 1. The largest absolute Gasteiger partial charge is 0.398 e. The molecule has 0 aliphatic carbocycles. The monoisotopic (exact) mass is 244 g/mol. The highest BCUT2D eigenvalue weighted by molar-refractivity contribution is 6.00. The highest BCUT2D eigenvalue weighted by atomic mass is 16.1. The van der Waals surface area contributed by atoms with Gasteiger partial charge in [0.15, 0.2) is 0 Å². The standard InChI is InChI=1S/C13H16N4O/c1-8-6-9-10(7-17-8)11(14)2-3-12(9)16-5-4-13(15)18/h2-3,6-7,16H,4-5,14H2,1H3,(H2,15,18). The minimum absolute atomic E-state index is 0.302. The number of carbonyl (C=O) groups is 1. The fraction of sp³-hybridized carbons (Fsp3) is 0.231. The smallest absolute Gasteiger partial charge is 0.219 e. The summed E-state index contributed by atoms with van der Waals surface area (Å²) in [6, 6.07) is 5.70. The molecular weight excluding hydrogens is 228 g/mol. The second-order valence-electron chi connectivity index (χ2n) is 4.22. The Morgan fingerprint density at radius 1 is 1.39 bits per heavy atom. The maximum Gasteiger partial charge on any atom is 0.219 e. The van der Waals surface area contributed by atoms with Crippen molar-refractivity contribution in [3.63, 3.8) is 0 Å². The van der Waals surface area contributed by atoms with Gasteiger partial charge in [0.05, 0.1) is 0 Å². The van der Waals surface area contributed by atoms with Gasteiger partial charge in [0.25, 0.3) is 0 Å². The van der Waals surface area contributed by atoms with Gasteiger partial charge in [-0.1, -0.05) is 0 Å². The molecule has 1 aromatic heterocycles. The molecule has 0 spiro atoms. The van der Waals surface area contributed by atoms with E-state index in [1.807, 2.05) is 25.1 Å². The Balaban J connectivity index is 2.35. The van der Waals surface area contributed by atoms with Crippen LogP contribution < -0.4 is 16.8 Å². The average Bonchev–Trinajstić information content (AvgIpc) is 2.31. The minimum atomic E-state index is -0.319. The molecule has 0 radical (unpaired) electrons. The molecule has 2 rings (SSSR count). The van der Waals surface area contributed by atoms with Crippen molar-refractivity contribution in [1.29, 1.82) is 0 Å². The number of nitrogen functional groups attached to an aromatic ring is 1. The normalized spacial score (nSPS) is 10.5. The molecule has 0 aliphatic rings. The van der Waals surface area contributed by atoms with E-state index in [1.54, 1.807) is 6.20 Å². The SMILES string of the molecule is Cc1cc2c(NCCC(N)=O)ccc(N)c2cn1. The van der Waals surface area contributed by atoms with Crippen LogP contribution in [-0.2, 0) is 4.79 Å². The number of hydrogen-bond acceptors (Lipinski definition) is 4. The van der Waals surface area contributed by atoms with Crippen LogP contribution in [0.25, 0.3) is 10.8 Å². The molecule has 0 atom stereocenters. The summed E-state index contributed by atoms with van der Waals surface area (Å²) in [5, 5.41) is 5.10. The van der Waals surface area contributed by atoms with Crippen LogP contribution in [0.4, 0.5) is 11.4 Å². The Labute approximate surface area is 105 Å². The van der Waals surface area contributed by atoms with Crippen LogP contribution >= 0.6 is 0 Å². The van der Waals surface area contributed by atoms with Crippen molar-refractivity contribution in [2.75, 3.05) is 17.6 Å². The lowest BCUT2D eigenvalue weighted by Crippen LogP contribution is -2.16.